The van der Waals surface area contributed by atoms with Crippen LogP contribution in [0.4, 0.5) is 0 Å². The van der Waals surface area contributed by atoms with Gasteiger partial charge in [-0.25, -0.2) is 19.9 Å². The highest BCUT2D eigenvalue weighted by molar-refractivity contribution is 7.26. The first-order chi connectivity index (χ1) is 31.2. The third-order valence-corrected chi connectivity index (χ3v) is 13.1. The van der Waals surface area contributed by atoms with E-state index in [0.717, 1.165) is 83.2 Å². The maximum atomic E-state index is 6.59. The van der Waals surface area contributed by atoms with Crippen LogP contribution in [0.5, 0.6) is 0 Å². The van der Waals surface area contributed by atoms with Gasteiger partial charge in [0.05, 0.1) is 11.4 Å². The van der Waals surface area contributed by atoms with Gasteiger partial charge in [0.15, 0.2) is 17.2 Å². The quantitative estimate of drug-likeness (QED) is 0.166. The number of furan rings is 2. The zero-order valence-corrected chi connectivity index (χ0v) is 34.3. The standard InChI is InChI=1S/C56H32N4O2S/c1-3-14-33(15-4-1)55-57-44(36-19-11-18-35(30-36)38-22-12-23-40-39-20-8-10-27-49(39)63-54(38)40)32-45(58-55)41-24-13-26-48-50(41)43-31-37(28-29-47(43)61-48)51-53-52(42-21-7-9-25-46(42)62-53)60-56(59-51)34-16-5-2-6-17-34/h1-32H. The number of fused-ring (bicyclic) bond motifs is 9. The van der Waals surface area contributed by atoms with E-state index in [9.17, 15) is 0 Å². The fourth-order valence-corrected chi connectivity index (χ4v) is 10.2. The lowest BCUT2D eigenvalue weighted by atomic mass is 9.98. The highest BCUT2D eigenvalue weighted by Gasteiger charge is 2.22. The molecule has 8 aromatic carbocycles. The van der Waals surface area contributed by atoms with Crippen LogP contribution in [0.3, 0.4) is 0 Å². The molecule has 6 nitrogen and oxygen atoms in total. The van der Waals surface area contributed by atoms with E-state index in [1.165, 1.54) is 25.7 Å². The summed E-state index contributed by atoms with van der Waals surface area (Å²) < 4.78 is 15.7. The van der Waals surface area contributed by atoms with E-state index in [0.29, 0.717) is 22.9 Å². The average Bonchev–Trinajstić information content (AvgIpc) is 4.05. The van der Waals surface area contributed by atoms with Gasteiger partial charge in [-0.3, -0.25) is 0 Å². The van der Waals surface area contributed by atoms with E-state index in [-0.39, 0.29) is 0 Å². The number of rotatable bonds is 6. The van der Waals surface area contributed by atoms with Crippen molar-refractivity contribution in [3.05, 3.63) is 194 Å². The Bertz CT molecular complexity index is 3930. The van der Waals surface area contributed by atoms with Gasteiger partial charge in [0.2, 0.25) is 0 Å². The van der Waals surface area contributed by atoms with E-state index in [1.807, 2.05) is 102 Å². The van der Waals surface area contributed by atoms with Crippen LogP contribution in [0.1, 0.15) is 0 Å². The lowest BCUT2D eigenvalue weighted by Gasteiger charge is -2.12. The molecule has 0 aliphatic rings. The van der Waals surface area contributed by atoms with Gasteiger partial charge in [-0.1, -0.05) is 140 Å². The third-order valence-electron chi connectivity index (χ3n) is 11.9. The average molecular weight is 825 g/mol. The van der Waals surface area contributed by atoms with Gasteiger partial charge in [-0.2, -0.15) is 0 Å². The predicted molar refractivity (Wildman–Crippen MR) is 258 cm³/mol. The monoisotopic (exact) mass is 824 g/mol. The molecule has 0 atom stereocenters. The zero-order chi connectivity index (χ0) is 41.4. The Hall–Kier alpha value is -8.26. The van der Waals surface area contributed by atoms with Crippen LogP contribution in [0, 0.1) is 0 Å². The molecular formula is C56H32N4O2S. The number of thiophene rings is 1. The molecular weight excluding hydrogens is 793 g/mol. The molecule has 13 aromatic rings. The third kappa shape index (κ3) is 5.86. The normalized spacial score (nSPS) is 11.8. The lowest BCUT2D eigenvalue weighted by molar-refractivity contribution is 0.666. The largest absolute Gasteiger partial charge is 0.456 e. The summed E-state index contributed by atoms with van der Waals surface area (Å²) in [4.78, 5) is 20.8. The van der Waals surface area contributed by atoms with Crippen LogP contribution in [-0.4, -0.2) is 19.9 Å². The number of hydrogen-bond acceptors (Lipinski definition) is 7. The Morgan fingerprint density at radius 3 is 1.86 bits per heavy atom. The second-order valence-corrected chi connectivity index (χ2v) is 16.8. The molecule has 0 saturated heterocycles. The van der Waals surface area contributed by atoms with Crippen molar-refractivity contribution in [2.75, 3.05) is 0 Å². The number of para-hydroxylation sites is 1. The summed E-state index contributed by atoms with van der Waals surface area (Å²) in [6.45, 7) is 0. The van der Waals surface area contributed by atoms with Gasteiger partial charge in [-0.15, -0.1) is 11.3 Å². The summed E-state index contributed by atoms with van der Waals surface area (Å²) in [5, 5.41) is 5.41. The summed E-state index contributed by atoms with van der Waals surface area (Å²) in [5.41, 5.74) is 13.1. The zero-order valence-electron chi connectivity index (χ0n) is 33.5. The molecule has 5 heterocycles. The van der Waals surface area contributed by atoms with Crippen molar-refractivity contribution in [3.63, 3.8) is 0 Å². The Balaban J connectivity index is 0.999. The van der Waals surface area contributed by atoms with E-state index in [1.54, 1.807) is 0 Å². The van der Waals surface area contributed by atoms with Crippen LogP contribution in [0.25, 0.3) is 132 Å². The molecule has 0 aliphatic heterocycles. The smallest absolute Gasteiger partial charge is 0.180 e. The predicted octanol–water partition coefficient (Wildman–Crippen LogP) is 15.4. The van der Waals surface area contributed by atoms with Gasteiger partial charge < -0.3 is 8.83 Å². The van der Waals surface area contributed by atoms with E-state index >= 15 is 0 Å². The van der Waals surface area contributed by atoms with Crippen LogP contribution >= 0.6 is 11.3 Å². The maximum Gasteiger partial charge on any atom is 0.180 e. The summed E-state index contributed by atoms with van der Waals surface area (Å²) in [6.07, 6.45) is 0. The molecule has 0 bridgehead atoms. The fourth-order valence-electron chi connectivity index (χ4n) is 8.96. The van der Waals surface area contributed by atoms with Crippen molar-refractivity contribution in [2.45, 2.75) is 0 Å². The summed E-state index contributed by atoms with van der Waals surface area (Å²) in [5.74, 6) is 1.28. The fraction of sp³-hybridized carbons (Fsp3) is 0. The van der Waals surface area contributed by atoms with Gasteiger partial charge in [0.25, 0.3) is 0 Å². The maximum absolute atomic E-state index is 6.59. The molecule has 13 rings (SSSR count). The van der Waals surface area contributed by atoms with Crippen LogP contribution in [0.2, 0.25) is 0 Å². The molecule has 5 aromatic heterocycles. The van der Waals surface area contributed by atoms with Crippen molar-refractivity contribution >= 4 is 75.5 Å². The Labute approximate surface area is 364 Å². The second kappa shape index (κ2) is 14.2. The van der Waals surface area contributed by atoms with Crippen molar-refractivity contribution in [3.8, 4) is 67.7 Å². The van der Waals surface area contributed by atoms with Crippen molar-refractivity contribution in [2.24, 2.45) is 0 Å². The van der Waals surface area contributed by atoms with Gasteiger partial charge >= 0.3 is 0 Å². The van der Waals surface area contributed by atoms with Crippen LogP contribution in [0.15, 0.2) is 203 Å². The highest BCUT2D eigenvalue weighted by Crippen LogP contribution is 2.43. The van der Waals surface area contributed by atoms with E-state index in [4.69, 9.17) is 28.8 Å². The van der Waals surface area contributed by atoms with Crippen LogP contribution < -0.4 is 0 Å². The highest BCUT2D eigenvalue weighted by atomic mass is 32.1. The Morgan fingerprint density at radius 2 is 1.00 bits per heavy atom. The number of aromatic nitrogens is 4. The van der Waals surface area contributed by atoms with Gasteiger partial charge in [-0.05, 0) is 65.7 Å². The molecule has 294 valence electrons. The first kappa shape index (κ1) is 35.5. The molecule has 0 fully saturated rings. The minimum absolute atomic E-state index is 0.633. The molecule has 63 heavy (non-hydrogen) atoms. The SMILES string of the molecule is c1ccc(-c2nc(-c3cccc(-c4cccc5c4sc4ccccc45)c3)cc(-c3cccc4oc5ccc(-c6nc(-c7ccccc7)nc7c6oc6ccccc67)cc5c34)n2)cc1. The molecule has 0 unspecified atom stereocenters. The van der Waals surface area contributed by atoms with E-state index < -0.39 is 0 Å². The molecule has 0 aliphatic carbocycles. The summed E-state index contributed by atoms with van der Waals surface area (Å²) in [7, 11) is 0. The Morgan fingerprint density at radius 1 is 0.365 bits per heavy atom. The van der Waals surface area contributed by atoms with E-state index in [2.05, 4.69) is 103 Å². The van der Waals surface area contributed by atoms with Crippen LogP contribution in [-0.2, 0) is 0 Å². The topological polar surface area (TPSA) is 77.8 Å². The minimum atomic E-state index is 0.633. The molecule has 0 N–H and O–H groups in total. The second-order valence-electron chi connectivity index (χ2n) is 15.7. The number of nitrogens with zero attached hydrogens (tertiary/aromatic N) is 4. The van der Waals surface area contributed by atoms with Gasteiger partial charge in [0.1, 0.15) is 28.0 Å². The molecule has 7 heteroatoms. The molecule has 0 saturated carbocycles. The summed E-state index contributed by atoms with van der Waals surface area (Å²) >= 11 is 1.84. The first-order valence-corrected chi connectivity index (χ1v) is 21.7. The number of hydrogen-bond donors (Lipinski definition) is 0. The molecule has 0 amide bonds. The minimum Gasteiger partial charge on any atom is -0.456 e. The van der Waals surface area contributed by atoms with Crippen molar-refractivity contribution < 1.29 is 8.83 Å². The van der Waals surface area contributed by atoms with Crippen molar-refractivity contribution in [1.29, 1.82) is 0 Å². The first-order valence-electron chi connectivity index (χ1n) is 20.9. The van der Waals surface area contributed by atoms with Gasteiger partial charge in [0, 0.05) is 64.1 Å². The molecule has 0 spiro atoms. The van der Waals surface area contributed by atoms with Crippen molar-refractivity contribution in [1.82, 2.24) is 19.9 Å². The molecule has 0 radical (unpaired) electrons. The Kier molecular flexibility index (Phi) is 7.98. The lowest BCUT2D eigenvalue weighted by Crippen LogP contribution is -1.96. The number of benzene rings is 8. The summed E-state index contributed by atoms with van der Waals surface area (Å²) in [6, 6.07) is 66.8.